The summed E-state index contributed by atoms with van der Waals surface area (Å²) in [6.07, 6.45) is 2.05. The molecule has 2 rings (SSSR count). The smallest absolute Gasteiger partial charge is 0.338 e. The Bertz CT molecular complexity index is 844. The number of ketones is 1. The maximum absolute atomic E-state index is 12.5. The lowest BCUT2D eigenvalue weighted by Gasteiger charge is -2.19. The van der Waals surface area contributed by atoms with Crippen molar-refractivity contribution < 1.29 is 28.9 Å². The van der Waals surface area contributed by atoms with Crippen molar-refractivity contribution in [2.45, 2.75) is 39.1 Å². The Kier molecular flexibility index (Phi) is 9.94. The molecule has 31 heavy (non-hydrogen) atoms. The number of ether oxygens (including phenoxy) is 3. The van der Waals surface area contributed by atoms with Gasteiger partial charge < -0.3 is 19.3 Å². The van der Waals surface area contributed by atoms with Gasteiger partial charge >= 0.3 is 5.97 Å². The van der Waals surface area contributed by atoms with Crippen LogP contribution in [0.2, 0.25) is 0 Å². The highest BCUT2D eigenvalue weighted by Crippen LogP contribution is 2.14. The van der Waals surface area contributed by atoms with Crippen LogP contribution in [-0.2, 0) is 20.9 Å². The number of carbonyl (C=O) groups is 2. The molecular formula is C25H30O6. The first kappa shape index (κ1) is 24.3. The number of methoxy groups -OCH3 is 1. The van der Waals surface area contributed by atoms with Gasteiger partial charge in [0.1, 0.15) is 5.75 Å². The minimum absolute atomic E-state index is 0.336. The van der Waals surface area contributed by atoms with Crippen molar-refractivity contribution in [3.63, 3.8) is 0 Å². The average Bonchev–Trinajstić information content (AvgIpc) is 2.80. The Hall–Kier alpha value is -2.96. The van der Waals surface area contributed by atoms with E-state index in [9.17, 15) is 14.7 Å². The number of benzene rings is 2. The third-order valence-corrected chi connectivity index (χ3v) is 4.84. The summed E-state index contributed by atoms with van der Waals surface area (Å²) in [7, 11) is 1.62. The monoisotopic (exact) mass is 426 g/mol. The standard InChI is InChI=1S/C25H30O6/c1-18(24(27)19(2)31-25(28)21-9-5-4-6-10-21)23(26)11-7-8-16-30-17-20-12-14-22(29-3)15-13-20/h4-7,9-15,18-19,23,26H,8,16-17H2,1-3H3/b11-7+/t18-,19+,23-/m0/s1. The first-order valence-corrected chi connectivity index (χ1v) is 10.3. The van der Waals surface area contributed by atoms with E-state index in [1.807, 2.05) is 24.3 Å². The minimum Gasteiger partial charge on any atom is -0.497 e. The molecule has 0 radical (unpaired) electrons. The van der Waals surface area contributed by atoms with Gasteiger partial charge in [0.25, 0.3) is 0 Å². The number of esters is 1. The van der Waals surface area contributed by atoms with Crippen molar-refractivity contribution in [1.82, 2.24) is 0 Å². The molecule has 6 nitrogen and oxygen atoms in total. The van der Waals surface area contributed by atoms with Gasteiger partial charge in [0, 0.05) is 5.92 Å². The van der Waals surface area contributed by atoms with E-state index in [-0.39, 0.29) is 5.78 Å². The summed E-state index contributed by atoms with van der Waals surface area (Å²) >= 11 is 0. The molecular weight excluding hydrogens is 396 g/mol. The van der Waals surface area contributed by atoms with Gasteiger partial charge in [-0.2, -0.15) is 0 Å². The van der Waals surface area contributed by atoms with Gasteiger partial charge in [-0.1, -0.05) is 49.4 Å². The molecule has 2 aromatic rings. The summed E-state index contributed by atoms with van der Waals surface area (Å²) < 4.78 is 16.0. The molecule has 0 aliphatic carbocycles. The van der Waals surface area contributed by atoms with Crippen LogP contribution in [0.15, 0.2) is 66.7 Å². The first-order valence-electron chi connectivity index (χ1n) is 10.3. The molecule has 0 saturated heterocycles. The molecule has 0 amide bonds. The van der Waals surface area contributed by atoms with E-state index in [2.05, 4.69) is 0 Å². The average molecular weight is 427 g/mol. The fraction of sp³-hybridized carbons (Fsp3) is 0.360. The maximum Gasteiger partial charge on any atom is 0.338 e. The zero-order valence-electron chi connectivity index (χ0n) is 18.2. The zero-order valence-corrected chi connectivity index (χ0v) is 18.2. The third-order valence-electron chi connectivity index (χ3n) is 4.84. The topological polar surface area (TPSA) is 82.1 Å². The predicted molar refractivity (Wildman–Crippen MR) is 118 cm³/mol. The van der Waals surface area contributed by atoms with Gasteiger partial charge in [-0.15, -0.1) is 0 Å². The molecule has 0 bridgehead atoms. The highest BCUT2D eigenvalue weighted by molar-refractivity contribution is 5.93. The van der Waals surface area contributed by atoms with Gasteiger partial charge in [-0.3, -0.25) is 4.79 Å². The fourth-order valence-electron chi connectivity index (χ4n) is 2.86. The lowest BCUT2D eigenvalue weighted by molar-refractivity contribution is -0.132. The molecule has 0 unspecified atom stereocenters. The molecule has 0 aliphatic heterocycles. The molecule has 0 saturated carbocycles. The molecule has 0 fully saturated rings. The van der Waals surface area contributed by atoms with E-state index in [1.54, 1.807) is 56.5 Å². The van der Waals surface area contributed by atoms with Crippen molar-refractivity contribution in [3.05, 3.63) is 77.9 Å². The van der Waals surface area contributed by atoms with E-state index >= 15 is 0 Å². The second-order valence-electron chi connectivity index (χ2n) is 7.21. The Morgan fingerprint density at radius 1 is 1.03 bits per heavy atom. The maximum atomic E-state index is 12.5. The summed E-state index contributed by atoms with van der Waals surface area (Å²) in [6, 6.07) is 16.1. The SMILES string of the molecule is COc1ccc(COCC/C=C/[C@H](O)[C@H](C)C(=O)[C@@H](C)OC(=O)c2ccccc2)cc1. The highest BCUT2D eigenvalue weighted by Gasteiger charge is 2.27. The predicted octanol–water partition coefficient (Wildman–Crippen LogP) is 3.97. The Balaban J connectivity index is 1.70. The van der Waals surface area contributed by atoms with Crippen LogP contribution in [-0.4, -0.2) is 42.8 Å². The van der Waals surface area contributed by atoms with Crippen LogP contribution in [0.3, 0.4) is 0 Å². The zero-order chi connectivity index (χ0) is 22.6. The Labute approximate surface area is 183 Å². The van der Waals surface area contributed by atoms with E-state index < -0.39 is 24.1 Å². The normalized spacial score (nSPS) is 14.1. The van der Waals surface area contributed by atoms with Crippen LogP contribution in [0, 0.1) is 5.92 Å². The molecule has 2 aromatic carbocycles. The molecule has 0 spiro atoms. The third kappa shape index (κ3) is 8.00. The molecule has 166 valence electrons. The summed E-state index contributed by atoms with van der Waals surface area (Å²) in [4.78, 5) is 24.6. The molecule has 1 N–H and O–H groups in total. The molecule has 0 heterocycles. The van der Waals surface area contributed by atoms with Crippen molar-refractivity contribution >= 4 is 11.8 Å². The van der Waals surface area contributed by atoms with Gasteiger partial charge in [0.2, 0.25) is 0 Å². The number of hydrogen-bond acceptors (Lipinski definition) is 6. The summed E-state index contributed by atoms with van der Waals surface area (Å²) in [6.45, 7) is 4.11. The van der Waals surface area contributed by atoms with Crippen LogP contribution in [0.25, 0.3) is 0 Å². The number of carbonyl (C=O) groups excluding carboxylic acids is 2. The highest BCUT2D eigenvalue weighted by atomic mass is 16.5. The van der Waals surface area contributed by atoms with E-state index in [4.69, 9.17) is 14.2 Å². The van der Waals surface area contributed by atoms with Crippen LogP contribution < -0.4 is 4.74 Å². The van der Waals surface area contributed by atoms with Crippen molar-refractivity contribution in [2.75, 3.05) is 13.7 Å². The first-order chi connectivity index (χ1) is 14.9. The van der Waals surface area contributed by atoms with Crippen molar-refractivity contribution in [3.8, 4) is 5.75 Å². The van der Waals surface area contributed by atoms with Gasteiger partial charge in [0.15, 0.2) is 11.9 Å². The van der Waals surface area contributed by atoms with Crippen LogP contribution in [0.1, 0.15) is 36.2 Å². The molecule has 0 aromatic heterocycles. The van der Waals surface area contributed by atoms with Crippen LogP contribution in [0.5, 0.6) is 5.75 Å². The number of aliphatic hydroxyl groups excluding tert-OH is 1. The second kappa shape index (κ2) is 12.7. The minimum atomic E-state index is -0.966. The Morgan fingerprint density at radius 3 is 2.35 bits per heavy atom. The fourth-order valence-corrected chi connectivity index (χ4v) is 2.86. The number of Topliss-reactive ketones (excluding diaryl/α,β-unsaturated/α-hetero) is 1. The van der Waals surface area contributed by atoms with Crippen molar-refractivity contribution in [2.24, 2.45) is 5.92 Å². The van der Waals surface area contributed by atoms with E-state index in [0.29, 0.717) is 25.2 Å². The van der Waals surface area contributed by atoms with E-state index in [1.165, 1.54) is 6.92 Å². The summed E-state index contributed by atoms with van der Waals surface area (Å²) in [5, 5.41) is 10.3. The number of hydrogen-bond donors (Lipinski definition) is 1. The number of aliphatic hydroxyl groups is 1. The molecule has 3 atom stereocenters. The van der Waals surface area contributed by atoms with Crippen LogP contribution >= 0.6 is 0 Å². The molecule has 6 heteroatoms. The quantitative estimate of drug-likeness (QED) is 0.314. The summed E-state index contributed by atoms with van der Waals surface area (Å²) in [5.74, 6) is -0.798. The van der Waals surface area contributed by atoms with Gasteiger partial charge in [0.05, 0.1) is 32.0 Å². The number of rotatable bonds is 12. The lowest BCUT2D eigenvalue weighted by atomic mass is 9.96. The molecule has 0 aliphatic rings. The van der Waals surface area contributed by atoms with Gasteiger partial charge in [-0.25, -0.2) is 4.79 Å². The van der Waals surface area contributed by atoms with Gasteiger partial charge in [-0.05, 0) is 43.2 Å². The Morgan fingerprint density at radius 2 is 1.71 bits per heavy atom. The summed E-state index contributed by atoms with van der Waals surface area (Å²) in [5.41, 5.74) is 1.42. The second-order valence-corrected chi connectivity index (χ2v) is 7.21. The van der Waals surface area contributed by atoms with Crippen molar-refractivity contribution in [1.29, 1.82) is 0 Å². The van der Waals surface area contributed by atoms with E-state index in [0.717, 1.165) is 11.3 Å². The van der Waals surface area contributed by atoms with Crippen LogP contribution in [0.4, 0.5) is 0 Å². The largest absolute Gasteiger partial charge is 0.497 e. The lowest BCUT2D eigenvalue weighted by Crippen LogP contribution is -2.34.